The molecule has 0 aromatic carbocycles. The number of rotatable bonds is 6. The predicted molar refractivity (Wildman–Crippen MR) is 74.9 cm³/mol. The minimum atomic E-state index is -0.848. The van der Waals surface area contributed by atoms with Crippen LogP contribution in [-0.4, -0.2) is 58.0 Å². The normalized spacial score (nSPS) is 27.7. The van der Waals surface area contributed by atoms with Crippen LogP contribution in [0, 0.1) is 0 Å². The summed E-state index contributed by atoms with van der Waals surface area (Å²) >= 11 is 0. The Hall–Kier alpha value is -2.40. The van der Waals surface area contributed by atoms with E-state index < -0.39 is 29.3 Å². The SMILES string of the molecule is O=C1OCC(Cn2c(=O)n(CC3CO3)c(=O)n(CC3CO3)c2=O)O1. The summed E-state index contributed by atoms with van der Waals surface area (Å²) in [5.74, 6) is 0. The molecular weight excluding hydrogens is 326 g/mol. The molecule has 11 heteroatoms. The van der Waals surface area contributed by atoms with Crippen LogP contribution >= 0.6 is 0 Å². The summed E-state index contributed by atoms with van der Waals surface area (Å²) in [4.78, 5) is 48.6. The maximum absolute atomic E-state index is 12.5. The van der Waals surface area contributed by atoms with Crippen molar-refractivity contribution in [1.29, 1.82) is 0 Å². The Morgan fingerprint density at radius 1 is 0.708 bits per heavy atom. The minimum Gasteiger partial charge on any atom is -0.430 e. The number of epoxide rings is 2. The third-order valence-corrected chi connectivity index (χ3v) is 4.00. The van der Waals surface area contributed by atoms with E-state index in [-0.39, 0.29) is 38.4 Å². The first-order chi connectivity index (χ1) is 11.5. The Kier molecular flexibility index (Phi) is 3.53. The average molecular weight is 341 g/mol. The quantitative estimate of drug-likeness (QED) is 0.411. The highest BCUT2D eigenvalue weighted by atomic mass is 16.8. The lowest BCUT2D eigenvalue weighted by Gasteiger charge is -2.14. The van der Waals surface area contributed by atoms with E-state index in [1.54, 1.807) is 0 Å². The van der Waals surface area contributed by atoms with Gasteiger partial charge < -0.3 is 18.9 Å². The molecule has 0 N–H and O–H groups in total. The number of hydrogen-bond acceptors (Lipinski definition) is 8. The van der Waals surface area contributed by atoms with Crippen molar-refractivity contribution in [1.82, 2.24) is 13.7 Å². The van der Waals surface area contributed by atoms with Crippen LogP contribution in [0.4, 0.5) is 4.79 Å². The van der Waals surface area contributed by atoms with Crippen molar-refractivity contribution in [3.05, 3.63) is 31.5 Å². The molecule has 3 saturated heterocycles. The van der Waals surface area contributed by atoms with Gasteiger partial charge in [-0.15, -0.1) is 0 Å². The molecule has 0 amide bonds. The number of carbonyl (C=O) groups is 1. The Bertz CT molecular complexity index is 792. The van der Waals surface area contributed by atoms with Gasteiger partial charge in [0.2, 0.25) is 0 Å². The van der Waals surface area contributed by atoms with Crippen molar-refractivity contribution >= 4 is 6.16 Å². The second kappa shape index (κ2) is 5.60. The van der Waals surface area contributed by atoms with E-state index in [1.165, 1.54) is 0 Å². The van der Waals surface area contributed by atoms with Gasteiger partial charge in [0.15, 0.2) is 6.10 Å². The van der Waals surface area contributed by atoms with Crippen molar-refractivity contribution < 1.29 is 23.7 Å². The Labute approximate surface area is 133 Å². The first-order valence-corrected chi connectivity index (χ1v) is 7.54. The lowest BCUT2D eigenvalue weighted by molar-refractivity contribution is 0.112. The number of aromatic nitrogens is 3. The van der Waals surface area contributed by atoms with Gasteiger partial charge in [0.25, 0.3) is 0 Å². The molecule has 11 nitrogen and oxygen atoms in total. The summed E-state index contributed by atoms with van der Waals surface area (Å²) in [7, 11) is 0. The molecule has 0 aliphatic carbocycles. The molecule has 4 rings (SSSR count). The molecule has 0 radical (unpaired) electrons. The summed E-state index contributed by atoms with van der Waals surface area (Å²) in [6, 6.07) is 0. The van der Waals surface area contributed by atoms with Crippen LogP contribution in [0.25, 0.3) is 0 Å². The van der Waals surface area contributed by atoms with E-state index in [4.69, 9.17) is 14.2 Å². The fraction of sp³-hybridized carbons (Fsp3) is 0.692. The topological polar surface area (TPSA) is 127 Å². The van der Waals surface area contributed by atoms with Crippen LogP contribution in [0.1, 0.15) is 0 Å². The van der Waals surface area contributed by atoms with E-state index in [0.29, 0.717) is 13.2 Å². The lowest BCUT2D eigenvalue weighted by Crippen LogP contribution is -2.56. The third-order valence-electron chi connectivity index (χ3n) is 4.00. The molecule has 24 heavy (non-hydrogen) atoms. The lowest BCUT2D eigenvalue weighted by atomic mass is 10.4. The molecule has 3 fully saturated rings. The van der Waals surface area contributed by atoms with Crippen LogP contribution in [0.5, 0.6) is 0 Å². The second-order valence-corrected chi connectivity index (χ2v) is 5.89. The smallest absolute Gasteiger partial charge is 0.430 e. The van der Waals surface area contributed by atoms with Crippen molar-refractivity contribution in [2.45, 2.75) is 37.9 Å². The highest BCUT2D eigenvalue weighted by Crippen LogP contribution is 2.11. The van der Waals surface area contributed by atoms with Crippen LogP contribution < -0.4 is 17.1 Å². The zero-order valence-electron chi connectivity index (χ0n) is 12.6. The highest BCUT2D eigenvalue weighted by Gasteiger charge is 2.31. The monoisotopic (exact) mass is 341 g/mol. The first kappa shape index (κ1) is 15.1. The Morgan fingerprint density at radius 3 is 1.46 bits per heavy atom. The second-order valence-electron chi connectivity index (χ2n) is 5.89. The summed E-state index contributed by atoms with van der Waals surface area (Å²) in [6.07, 6.45) is -2.02. The van der Waals surface area contributed by atoms with Crippen molar-refractivity contribution in [2.24, 2.45) is 0 Å². The van der Waals surface area contributed by atoms with Crippen LogP contribution in [-0.2, 0) is 38.6 Å². The van der Waals surface area contributed by atoms with E-state index in [2.05, 4.69) is 4.74 Å². The fourth-order valence-electron chi connectivity index (χ4n) is 2.56. The summed E-state index contributed by atoms with van der Waals surface area (Å²) < 4.78 is 22.5. The van der Waals surface area contributed by atoms with Crippen molar-refractivity contribution in [2.75, 3.05) is 19.8 Å². The van der Waals surface area contributed by atoms with E-state index in [0.717, 1.165) is 13.7 Å². The number of nitrogens with zero attached hydrogens (tertiary/aromatic N) is 3. The van der Waals surface area contributed by atoms with Crippen molar-refractivity contribution in [3.8, 4) is 0 Å². The first-order valence-electron chi connectivity index (χ1n) is 7.54. The zero-order chi connectivity index (χ0) is 16.8. The van der Waals surface area contributed by atoms with Gasteiger partial charge in [-0.3, -0.25) is 0 Å². The molecule has 1 aromatic rings. The van der Waals surface area contributed by atoms with Crippen LogP contribution in [0.2, 0.25) is 0 Å². The molecule has 3 aliphatic rings. The molecule has 130 valence electrons. The molecule has 3 unspecified atom stereocenters. The average Bonchev–Trinajstić information content (AvgIpc) is 3.46. The van der Waals surface area contributed by atoms with Gasteiger partial charge in [-0.2, -0.15) is 0 Å². The van der Waals surface area contributed by atoms with Gasteiger partial charge in [0.1, 0.15) is 6.61 Å². The molecule has 0 saturated carbocycles. The molecule has 3 aliphatic heterocycles. The predicted octanol–water partition coefficient (Wildman–Crippen LogP) is -2.50. The maximum Gasteiger partial charge on any atom is 0.508 e. The standard InChI is InChI=1S/C13H15N3O8/c17-10-14(1-7-4-21-7)11(18)16(3-9-6-23-13(20)24-9)12(19)15(10)2-8-5-22-8/h7-9H,1-6H2. The molecule has 3 atom stereocenters. The summed E-state index contributed by atoms with van der Waals surface area (Å²) in [5.41, 5.74) is -2.19. The van der Waals surface area contributed by atoms with Gasteiger partial charge in [0, 0.05) is 0 Å². The number of ether oxygens (including phenoxy) is 4. The van der Waals surface area contributed by atoms with Crippen LogP contribution in [0.15, 0.2) is 14.4 Å². The minimum absolute atomic E-state index is 0.0543. The van der Waals surface area contributed by atoms with E-state index in [9.17, 15) is 19.2 Å². The van der Waals surface area contributed by atoms with Crippen LogP contribution in [0.3, 0.4) is 0 Å². The number of carbonyl (C=O) groups excluding carboxylic acids is 1. The molecule has 1 aromatic heterocycles. The zero-order valence-corrected chi connectivity index (χ0v) is 12.6. The Morgan fingerprint density at radius 2 is 1.12 bits per heavy atom. The van der Waals surface area contributed by atoms with E-state index in [1.807, 2.05) is 0 Å². The highest BCUT2D eigenvalue weighted by molar-refractivity contribution is 5.61. The summed E-state index contributed by atoms with van der Waals surface area (Å²) in [6.45, 7) is 0.840. The Balaban J connectivity index is 1.74. The van der Waals surface area contributed by atoms with Gasteiger partial charge in [-0.25, -0.2) is 32.9 Å². The van der Waals surface area contributed by atoms with Gasteiger partial charge in [-0.1, -0.05) is 0 Å². The number of cyclic esters (lactones) is 2. The fourth-order valence-corrected chi connectivity index (χ4v) is 2.56. The summed E-state index contributed by atoms with van der Waals surface area (Å²) in [5, 5.41) is 0. The molecule has 0 spiro atoms. The van der Waals surface area contributed by atoms with Gasteiger partial charge >= 0.3 is 23.2 Å². The molecule has 4 heterocycles. The molecule has 0 bridgehead atoms. The molecular formula is C13H15N3O8. The third kappa shape index (κ3) is 2.87. The maximum atomic E-state index is 12.5. The van der Waals surface area contributed by atoms with E-state index >= 15 is 0 Å². The van der Waals surface area contributed by atoms with Gasteiger partial charge in [-0.05, 0) is 0 Å². The number of hydrogen-bond donors (Lipinski definition) is 0. The van der Waals surface area contributed by atoms with Gasteiger partial charge in [0.05, 0.1) is 45.1 Å². The van der Waals surface area contributed by atoms with Crippen molar-refractivity contribution in [3.63, 3.8) is 0 Å². The largest absolute Gasteiger partial charge is 0.508 e.